The SMILES string of the molecule is Cc1cc(N2CCN(C(=O)c3ccccc3F)CC2)nc(-c2cccc(C(F)(F)F)c2)n1. The quantitative estimate of drug-likeness (QED) is 0.556. The molecule has 0 bridgehead atoms. The molecular formula is C23H20F4N4O. The molecule has 4 rings (SSSR count). The van der Waals surface area contributed by atoms with Crippen molar-refractivity contribution < 1.29 is 22.4 Å². The van der Waals surface area contributed by atoms with Crippen molar-refractivity contribution in [3.05, 3.63) is 77.2 Å². The van der Waals surface area contributed by atoms with E-state index in [1.54, 1.807) is 30.0 Å². The number of aryl methyl sites for hydroxylation is 1. The van der Waals surface area contributed by atoms with Crippen molar-refractivity contribution >= 4 is 11.7 Å². The summed E-state index contributed by atoms with van der Waals surface area (Å²) >= 11 is 0. The Morgan fingerprint density at radius 3 is 2.34 bits per heavy atom. The Kier molecular flexibility index (Phi) is 5.82. The van der Waals surface area contributed by atoms with Crippen LogP contribution in [0.15, 0.2) is 54.6 Å². The van der Waals surface area contributed by atoms with Gasteiger partial charge in [0, 0.05) is 43.5 Å². The molecule has 5 nitrogen and oxygen atoms in total. The number of anilines is 1. The Morgan fingerprint density at radius 1 is 0.938 bits per heavy atom. The summed E-state index contributed by atoms with van der Waals surface area (Å²) < 4.78 is 53.2. The van der Waals surface area contributed by atoms with Crippen LogP contribution in [0.4, 0.5) is 23.4 Å². The first-order chi connectivity index (χ1) is 15.2. The standard InChI is InChI=1S/C23H20F4N4O/c1-15-13-20(29-21(28-15)16-5-4-6-17(14-16)23(25,26)27)30-9-11-31(12-10-30)22(32)18-7-2-3-8-19(18)24/h2-8,13-14H,9-12H2,1H3. The molecule has 9 heteroatoms. The van der Waals surface area contributed by atoms with Crippen LogP contribution in [0, 0.1) is 12.7 Å². The lowest BCUT2D eigenvalue weighted by molar-refractivity contribution is -0.137. The van der Waals surface area contributed by atoms with Crippen LogP contribution in [-0.4, -0.2) is 47.0 Å². The second-order valence-electron chi connectivity index (χ2n) is 7.53. The van der Waals surface area contributed by atoms with Crippen LogP contribution in [0.25, 0.3) is 11.4 Å². The number of alkyl halides is 3. The van der Waals surface area contributed by atoms with Crippen molar-refractivity contribution in [3.63, 3.8) is 0 Å². The highest BCUT2D eigenvalue weighted by Crippen LogP contribution is 2.32. The van der Waals surface area contributed by atoms with Crippen molar-refractivity contribution in [3.8, 4) is 11.4 Å². The summed E-state index contributed by atoms with van der Waals surface area (Å²) in [4.78, 5) is 24.9. The minimum Gasteiger partial charge on any atom is -0.353 e. The van der Waals surface area contributed by atoms with E-state index in [1.807, 2.05) is 4.90 Å². The summed E-state index contributed by atoms with van der Waals surface area (Å²) in [7, 11) is 0. The molecule has 0 saturated carbocycles. The molecule has 0 atom stereocenters. The van der Waals surface area contributed by atoms with Crippen molar-refractivity contribution in [2.75, 3.05) is 31.1 Å². The maximum Gasteiger partial charge on any atom is 0.416 e. The molecule has 1 amide bonds. The van der Waals surface area contributed by atoms with Gasteiger partial charge in [0.15, 0.2) is 5.82 Å². The summed E-state index contributed by atoms with van der Waals surface area (Å²) in [5.74, 6) is -0.151. The van der Waals surface area contributed by atoms with Gasteiger partial charge in [-0.05, 0) is 31.2 Å². The molecule has 1 fully saturated rings. The first kappa shape index (κ1) is 21.7. The highest BCUT2D eigenvalue weighted by Gasteiger charge is 2.31. The predicted molar refractivity (Wildman–Crippen MR) is 112 cm³/mol. The first-order valence-electron chi connectivity index (χ1n) is 10.0. The van der Waals surface area contributed by atoms with Crippen LogP contribution in [0.3, 0.4) is 0 Å². The zero-order valence-electron chi connectivity index (χ0n) is 17.2. The molecule has 166 valence electrons. The Hall–Kier alpha value is -3.49. The number of benzene rings is 2. The highest BCUT2D eigenvalue weighted by molar-refractivity contribution is 5.94. The van der Waals surface area contributed by atoms with Gasteiger partial charge in [-0.3, -0.25) is 4.79 Å². The van der Waals surface area contributed by atoms with Crippen LogP contribution in [-0.2, 0) is 6.18 Å². The lowest BCUT2D eigenvalue weighted by atomic mass is 10.1. The first-order valence-corrected chi connectivity index (χ1v) is 10.0. The fraction of sp³-hybridized carbons (Fsp3) is 0.261. The van der Waals surface area contributed by atoms with E-state index >= 15 is 0 Å². The minimum atomic E-state index is -4.45. The number of amides is 1. The van der Waals surface area contributed by atoms with E-state index in [2.05, 4.69) is 9.97 Å². The van der Waals surface area contributed by atoms with Crippen molar-refractivity contribution in [1.82, 2.24) is 14.9 Å². The lowest BCUT2D eigenvalue weighted by Gasteiger charge is -2.35. The molecule has 0 aliphatic carbocycles. The van der Waals surface area contributed by atoms with Gasteiger partial charge in [-0.2, -0.15) is 13.2 Å². The molecule has 1 saturated heterocycles. The van der Waals surface area contributed by atoms with Crippen LogP contribution in [0.2, 0.25) is 0 Å². The molecule has 2 aromatic carbocycles. The third-order valence-corrected chi connectivity index (χ3v) is 5.28. The monoisotopic (exact) mass is 444 g/mol. The van der Waals surface area contributed by atoms with Crippen molar-refractivity contribution in [2.45, 2.75) is 13.1 Å². The smallest absolute Gasteiger partial charge is 0.353 e. The number of nitrogens with zero attached hydrogens (tertiary/aromatic N) is 4. The van der Waals surface area contributed by atoms with Gasteiger partial charge in [0.25, 0.3) is 5.91 Å². The van der Waals surface area contributed by atoms with E-state index in [4.69, 9.17) is 0 Å². The molecule has 1 aromatic heterocycles. The number of hydrogen-bond donors (Lipinski definition) is 0. The van der Waals surface area contributed by atoms with Crippen molar-refractivity contribution in [2.24, 2.45) is 0 Å². The average molecular weight is 444 g/mol. The van der Waals surface area contributed by atoms with Crippen LogP contribution < -0.4 is 4.90 Å². The van der Waals surface area contributed by atoms with Gasteiger partial charge in [0.05, 0.1) is 11.1 Å². The van der Waals surface area contributed by atoms with Crippen LogP contribution >= 0.6 is 0 Å². The maximum absolute atomic E-state index is 13.9. The van der Waals surface area contributed by atoms with E-state index in [-0.39, 0.29) is 22.9 Å². The lowest BCUT2D eigenvalue weighted by Crippen LogP contribution is -2.49. The second kappa shape index (κ2) is 8.57. The number of hydrogen-bond acceptors (Lipinski definition) is 4. The highest BCUT2D eigenvalue weighted by atomic mass is 19.4. The van der Waals surface area contributed by atoms with Gasteiger partial charge in [-0.15, -0.1) is 0 Å². The molecular weight excluding hydrogens is 424 g/mol. The summed E-state index contributed by atoms with van der Waals surface area (Å²) in [6, 6.07) is 12.5. The fourth-order valence-electron chi connectivity index (χ4n) is 3.62. The van der Waals surface area contributed by atoms with Gasteiger partial charge in [0.1, 0.15) is 11.6 Å². The third kappa shape index (κ3) is 4.56. The van der Waals surface area contributed by atoms with E-state index < -0.39 is 17.6 Å². The Labute approximate surface area is 182 Å². The molecule has 0 unspecified atom stereocenters. The normalized spacial score (nSPS) is 14.5. The summed E-state index contributed by atoms with van der Waals surface area (Å²) in [5, 5.41) is 0. The molecule has 1 aliphatic heterocycles. The van der Waals surface area contributed by atoms with Crippen molar-refractivity contribution in [1.29, 1.82) is 0 Å². The summed E-state index contributed by atoms with van der Waals surface area (Å²) in [6.07, 6.45) is -4.45. The van der Waals surface area contributed by atoms with Gasteiger partial charge in [-0.1, -0.05) is 24.3 Å². The molecule has 3 aromatic rings. The van der Waals surface area contributed by atoms with E-state index in [0.29, 0.717) is 37.7 Å². The fourth-order valence-corrected chi connectivity index (χ4v) is 3.62. The maximum atomic E-state index is 13.9. The average Bonchev–Trinajstić information content (AvgIpc) is 2.78. The topological polar surface area (TPSA) is 49.3 Å². The predicted octanol–water partition coefficient (Wildman–Crippen LogP) is 4.57. The minimum absolute atomic E-state index is 0.0330. The van der Waals surface area contributed by atoms with Crippen LogP contribution in [0.5, 0.6) is 0 Å². The molecule has 2 heterocycles. The number of piperazine rings is 1. The largest absolute Gasteiger partial charge is 0.416 e. The van der Waals surface area contributed by atoms with Gasteiger partial charge < -0.3 is 9.80 Å². The van der Waals surface area contributed by atoms with Gasteiger partial charge in [-0.25, -0.2) is 14.4 Å². The van der Waals surface area contributed by atoms with Crippen LogP contribution in [0.1, 0.15) is 21.6 Å². The van der Waals surface area contributed by atoms with Gasteiger partial charge >= 0.3 is 6.18 Å². The summed E-state index contributed by atoms with van der Waals surface area (Å²) in [6.45, 7) is 3.40. The zero-order valence-corrected chi connectivity index (χ0v) is 17.2. The number of carbonyl (C=O) groups excluding carboxylic acids is 1. The molecule has 0 N–H and O–H groups in total. The third-order valence-electron chi connectivity index (χ3n) is 5.28. The second-order valence-corrected chi connectivity index (χ2v) is 7.53. The van der Waals surface area contributed by atoms with E-state index in [9.17, 15) is 22.4 Å². The number of halogens is 4. The Morgan fingerprint density at radius 2 is 1.66 bits per heavy atom. The van der Waals surface area contributed by atoms with E-state index in [1.165, 1.54) is 24.3 Å². The molecule has 32 heavy (non-hydrogen) atoms. The summed E-state index contributed by atoms with van der Waals surface area (Å²) in [5.41, 5.74) is 0.165. The Bertz CT molecular complexity index is 1140. The number of rotatable bonds is 3. The number of carbonyl (C=O) groups is 1. The molecule has 0 radical (unpaired) electrons. The number of aromatic nitrogens is 2. The van der Waals surface area contributed by atoms with E-state index in [0.717, 1.165) is 12.1 Å². The zero-order chi connectivity index (χ0) is 22.9. The van der Waals surface area contributed by atoms with Gasteiger partial charge in [0.2, 0.25) is 0 Å². The Balaban J connectivity index is 1.52. The molecule has 0 spiro atoms. The molecule has 1 aliphatic rings.